The minimum Gasteiger partial charge on any atom is -0.395 e. The Morgan fingerprint density at radius 1 is 1.25 bits per heavy atom. The number of amides is 1. The van der Waals surface area contributed by atoms with Gasteiger partial charge in [-0.2, -0.15) is 0 Å². The van der Waals surface area contributed by atoms with Gasteiger partial charge in [0.15, 0.2) is 11.5 Å². The summed E-state index contributed by atoms with van der Waals surface area (Å²) >= 11 is 3.37. The summed E-state index contributed by atoms with van der Waals surface area (Å²) in [5, 5.41) is 2.65. The molecule has 2 rings (SSSR count). The molecule has 128 valence electrons. The normalized spacial score (nSPS) is 15.9. The predicted molar refractivity (Wildman–Crippen MR) is 91.5 cm³/mol. The lowest BCUT2D eigenvalue weighted by molar-refractivity contribution is -0.286. The zero-order valence-electron chi connectivity index (χ0n) is 13.3. The van der Waals surface area contributed by atoms with Crippen LogP contribution in [0.3, 0.4) is 0 Å². The molecule has 1 N–H and O–H groups in total. The second-order valence-electron chi connectivity index (χ2n) is 5.27. The minimum absolute atomic E-state index is 0.0760. The molecule has 1 aromatic carbocycles. The van der Waals surface area contributed by atoms with Crippen molar-refractivity contribution in [2.45, 2.75) is 27.1 Å². The molecule has 1 aromatic rings. The van der Waals surface area contributed by atoms with E-state index in [1.54, 1.807) is 19.1 Å². The third-order valence-electron chi connectivity index (χ3n) is 2.91. The van der Waals surface area contributed by atoms with Gasteiger partial charge in [-0.25, -0.2) is 0 Å². The van der Waals surface area contributed by atoms with Crippen LogP contribution in [0.2, 0.25) is 0 Å². The van der Waals surface area contributed by atoms with Crippen LogP contribution in [0.1, 0.15) is 20.8 Å². The van der Waals surface area contributed by atoms with Crippen LogP contribution in [0.4, 0.5) is 14.5 Å². The van der Waals surface area contributed by atoms with Crippen molar-refractivity contribution in [3.05, 3.63) is 52.1 Å². The number of fused-ring (bicyclic) bond motifs is 1. The van der Waals surface area contributed by atoms with Crippen LogP contribution in [-0.4, -0.2) is 12.2 Å². The van der Waals surface area contributed by atoms with E-state index in [2.05, 4.69) is 30.7 Å². The first-order valence-electron chi connectivity index (χ1n) is 7.10. The molecule has 1 amide bonds. The third-order valence-corrected chi connectivity index (χ3v) is 3.57. The van der Waals surface area contributed by atoms with E-state index in [1.165, 1.54) is 18.2 Å². The Morgan fingerprint density at radius 3 is 2.54 bits per heavy atom. The highest BCUT2D eigenvalue weighted by Gasteiger charge is 2.43. The van der Waals surface area contributed by atoms with Crippen molar-refractivity contribution in [1.82, 2.24) is 0 Å². The molecule has 0 saturated heterocycles. The summed E-state index contributed by atoms with van der Waals surface area (Å²) in [7, 11) is 0. The average Bonchev–Trinajstić information content (AvgIpc) is 2.76. The molecule has 0 aromatic heterocycles. The second-order valence-corrected chi connectivity index (χ2v) is 6.12. The summed E-state index contributed by atoms with van der Waals surface area (Å²) in [6.45, 7) is 5.60. The van der Waals surface area contributed by atoms with Gasteiger partial charge in [-0.3, -0.25) is 4.79 Å². The molecule has 0 aliphatic carbocycles. The van der Waals surface area contributed by atoms with Gasteiger partial charge in [0.1, 0.15) is 0 Å². The summed E-state index contributed by atoms with van der Waals surface area (Å²) < 4.78 is 35.4. The number of hydrogen-bond donors (Lipinski definition) is 1. The van der Waals surface area contributed by atoms with E-state index in [0.717, 1.165) is 5.57 Å². The van der Waals surface area contributed by atoms with E-state index in [0.29, 0.717) is 15.7 Å². The molecular formula is C17H16BrF2NO3. The zero-order valence-corrected chi connectivity index (χ0v) is 14.9. The van der Waals surface area contributed by atoms with Gasteiger partial charge >= 0.3 is 6.29 Å². The number of alkyl halides is 2. The maximum absolute atomic E-state index is 13.0. The first kappa shape index (κ1) is 18.2. The van der Waals surface area contributed by atoms with Crippen molar-refractivity contribution in [3.8, 4) is 11.5 Å². The van der Waals surface area contributed by atoms with Crippen LogP contribution in [0, 0.1) is 0 Å². The number of ether oxygens (including phenoxy) is 2. The van der Waals surface area contributed by atoms with Crippen LogP contribution in [0.5, 0.6) is 11.5 Å². The molecule has 1 aliphatic rings. The molecule has 1 aliphatic heterocycles. The van der Waals surface area contributed by atoms with Crippen molar-refractivity contribution in [3.63, 3.8) is 0 Å². The zero-order chi connectivity index (χ0) is 17.9. The van der Waals surface area contributed by atoms with E-state index in [9.17, 15) is 13.6 Å². The Hall–Kier alpha value is -2.15. The van der Waals surface area contributed by atoms with E-state index in [4.69, 9.17) is 0 Å². The summed E-state index contributed by atoms with van der Waals surface area (Å²) in [4.78, 5) is 12.5. The van der Waals surface area contributed by atoms with Crippen molar-refractivity contribution in [2.75, 3.05) is 5.32 Å². The third kappa shape index (κ3) is 4.44. The topological polar surface area (TPSA) is 47.6 Å². The standard InChI is InChI=1S/C17H16BrF2NO3/c1-4-5-12(13(18)8-10(2)3)16(22)21-11-6-7-14-15(9-11)24-17(19,20)23-14/h4-9H,1-3H3,(H,21,22)/b5-4-,13-12-. The lowest BCUT2D eigenvalue weighted by Crippen LogP contribution is -2.25. The van der Waals surface area contributed by atoms with Crippen molar-refractivity contribution in [1.29, 1.82) is 0 Å². The molecule has 0 fully saturated rings. The fourth-order valence-corrected chi connectivity index (χ4v) is 2.76. The van der Waals surface area contributed by atoms with E-state index < -0.39 is 6.29 Å². The monoisotopic (exact) mass is 399 g/mol. The highest BCUT2D eigenvalue weighted by molar-refractivity contribution is 9.12. The molecule has 0 bridgehead atoms. The molecule has 0 unspecified atom stereocenters. The van der Waals surface area contributed by atoms with Gasteiger partial charge in [0, 0.05) is 16.2 Å². The summed E-state index contributed by atoms with van der Waals surface area (Å²) in [6, 6.07) is 4.07. The maximum Gasteiger partial charge on any atom is 0.586 e. The number of rotatable bonds is 4. The minimum atomic E-state index is -3.69. The lowest BCUT2D eigenvalue weighted by atomic mass is 10.1. The Balaban J connectivity index is 2.24. The molecule has 0 radical (unpaired) electrons. The van der Waals surface area contributed by atoms with E-state index in [1.807, 2.05) is 19.9 Å². The van der Waals surface area contributed by atoms with Crippen LogP contribution in [0.15, 0.2) is 52.1 Å². The number of carbonyl (C=O) groups excluding carboxylic acids is 1. The summed E-state index contributed by atoms with van der Waals surface area (Å²) in [6.07, 6.45) is 1.51. The molecule has 0 saturated carbocycles. The van der Waals surface area contributed by atoms with Crippen molar-refractivity contribution < 1.29 is 23.0 Å². The Labute approximate surface area is 147 Å². The maximum atomic E-state index is 13.0. The van der Waals surface area contributed by atoms with Gasteiger partial charge in [0.2, 0.25) is 0 Å². The van der Waals surface area contributed by atoms with Gasteiger partial charge in [-0.05, 0) is 54.9 Å². The quantitative estimate of drug-likeness (QED) is 0.563. The number of hydrogen-bond acceptors (Lipinski definition) is 3. The molecule has 0 spiro atoms. The highest BCUT2D eigenvalue weighted by atomic mass is 79.9. The number of carbonyl (C=O) groups is 1. The largest absolute Gasteiger partial charge is 0.586 e. The smallest absolute Gasteiger partial charge is 0.395 e. The van der Waals surface area contributed by atoms with Gasteiger partial charge in [-0.1, -0.05) is 17.7 Å². The number of anilines is 1. The first-order valence-corrected chi connectivity index (χ1v) is 7.90. The van der Waals surface area contributed by atoms with Gasteiger partial charge in [-0.15, -0.1) is 8.78 Å². The summed E-state index contributed by atoms with van der Waals surface area (Å²) in [5.41, 5.74) is 1.74. The number of allylic oxidation sites excluding steroid dienone is 4. The molecule has 0 atom stereocenters. The molecular weight excluding hydrogens is 384 g/mol. The fraction of sp³-hybridized carbons (Fsp3) is 0.235. The Morgan fingerprint density at radius 2 is 1.92 bits per heavy atom. The predicted octanol–water partition coefficient (Wildman–Crippen LogP) is 5.14. The lowest BCUT2D eigenvalue weighted by Gasteiger charge is -2.08. The van der Waals surface area contributed by atoms with Crippen molar-refractivity contribution >= 4 is 27.5 Å². The summed E-state index contributed by atoms with van der Waals surface area (Å²) in [5.74, 6) is -0.589. The highest BCUT2D eigenvalue weighted by Crippen LogP contribution is 2.42. The van der Waals surface area contributed by atoms with E-state index >= 15 is 0 Å². The molecule has 24 heavy (non-hydrogen) atoms. The number of halogens is 3. The van der Waals surface area contributed by atoms with Crippen LogP contribution >= 0.6 is 15.9 Å². The SMILES string of the molecule is C/C=C\C(C(=O)Nc1ccc2c(c1)OC(F)(F)O2)=C(\Br)C=C(C)C. The number of nitrogens with one attached hydrogen (secondary N) is 1. The average molecular weight is 400 g/mol. The number of benzene rings is 1. The molecule has 4 nitrogen and oxygen atoms in total. The van der Waals surface area contributed by atoms with Crippen LogP contribution in [0.25, 0.3) is 0 Å². The van der Waals surface area contributed by atoms with Crippen LogP contribution < -0.4 is 14.8 Å². The van der Waals surface area contributed by atoms with E-state index in [-0.39, 0.29) is 17.4 Å². The molecule has 7 heteroatoms. The van der Waals surface area contributed by atoms with Gasteiger partial charge < -0.3 is 14.8 Å². The Bertz CT molecular complexity index is 750. The van der Waals surface area contributed by atoms with Crippen LogP contribution in [-0.2, 0) is 4.79 Å². The fourth-order valence-electron chi connectivity index (χ4n) is 1.99. The van der Waals surface area contributed by atoms with Gasteiger partial charge in [0.25, 0.3) is 5.91 Å². The van der Waals surface area contributed by atoms with Gasteiger partial charge in [0.05, 0.1) is 5.57 Å². The first-order chi connectivity index (χ1) is 11.2. The van der Waals surface area contributed by atoms with Crippen molar-refractivity contribution in [2.24, 2.45) is 0 Å². The molecule has 1 heterocycles. The Kier molecular flexibility index (Phi) is 5.43. The second kappa shape index (κ2) is 7.17.